The highest BCUT2D eigenvalue weighted by Gasteiger charge is 2.13. The molecule has 2 aromatic carbocycles. The van der Waals surface area contributed by atoms with Crippen molar-refractivity contribution in [1.82, 2.24) is 0 Å². The number of rotatable bonds is 3. The Kier molecular flexibility index (Phi) is 3.97. The second-order valence-corrected chi connectivity index (χ2v) is 4.73. The molecule has 2 rings (SSSR count). The molecule has 0 unspecified atom stereocenters. The summed E-state index contributed by atoms with van der Waals surface area (Å²) in [7, 11) is 0. The third kappa shape index (κ3) is 3.20. The molecule has 0 aliphatic heterocycles. The molecule has 0 bridgehead atoms. The van der Waals surface area contributed by atoms with Crippen molar-refractivity contribution in [3.63, 3.8) is 0 Å². The fourth-order valence-corrected chi connectivity index (χ4v) is 1.95. The van der Waals surface area contributed by atoms with E-state index in [2.05, 4.69) is 21.2 Å². The minimum Gasteiger partial charge on any atom is -0.478 e. The molecular formula is C14H10BrNO3. The molecule has 0 aromatic heterocycles. The van der Waals surface area contributed by atoms with Gasteiger partial charge in [0.15, 0.2) is 0 Å². The van der Waals surface area contributed by atoms with Gasteiger partial charge in [0.2, 0.25) is 0 Å². The minimum atomic E-state index is -1.09. The summed E-state index contributed by atoms with van der Waals surface area (Å²) >= 11 is 3.25. The molecule has 0 spiro atoms. The normalized spacial score (nSPS) is 9.95. The number of hydrogen-bond donors (Lipinski definition) is 2. The average Bonchev–Trinajstić information content (AvgIpc) is 2.39. The van der Waals surface area contributed by atoms with Crippen molar-refractivity contribution >= 4 is 33.5 Å². The van der Waals surface area contributed by atoms with Crippen molar-refractivity contribution in [2.75, 3.05) is 5.32 Å². The van der Waals surface area contributed by atoms with Gasteiger partial charge in [-0.3, -0.25) is 4.79 Å². The monoisotopic (exact) mass is 319 g/mol. The molecule has 0 aliphatic rings. The summed E-state index contributed by atoms with van der Waals surface area (Å²) < 4.78 is 0.695. The fraction of sp³-hybridized carbons (Fsp3) is 0. The Morgan fingerprint density at radius 3 is 2.37 bits per heavy atom. The third-order valence-corrected chi connectivity index (χ3v) is 2.99. The zero-order chi connectivity index (χ0) is 13.8. The first-order valence-corrected chi connectivity index (χ1v) is 6.26. The number of carboxylic acids is 1. The van der Waals surface area contributed by atoms with Gasteiger partial charge in [0.25, 0.3) is 5.91 Å². The van der Waals surface area contributed by atoms with Gasteiger partial charge in [-0.1, -0.05) is 34.1 Å². The van der Waals surface area contributed by atoms with E-state index in [-0.39, 0.29) is 17.2 Å². The zero-order valence-electron chi connectivity index (χ0n) is 9.76. The van der Waals surface area contributed by atoms with E-state index in [1.165, 1.54) is 6.07 Å². The Morgan fingerprint density at radius 2 is 1.74 bits per heavy atom. The van der Waals surface area contributed by atoms with E-state index in [4.69, 9.17) is 5.11 Å². The molecule has 19 heavy (non-hydrogen) atoms. The predicted molar refractivity (Wildman–Crippen MR) is 75.5 cm³/mol. The second kappa shape index (κ2) is 5.67. The number of halogens is 1. The van der Waals surface area contributed by atoms with Crippen molar-refractivity contribution in [3.05, 3.63) is 64.1 Å². The van der Waals surface area contributed by atoms with Gasteiger partial charge in [-0.15, -0.1) is 0 Å². The van der Waals surface area contributed by atoms with Gasteiger partial charge in [-0.05, 0) is 30.3 Å². The van der Waals surface area contributed by atoms with Crippen molar-refractivity contribution < 1.29 is 14.7 Å². The molecule has 5 heteroatoms. The number of carbonyl (C=O) groups excluding carboxylic acids is 1. The van der Waals surface area contributed by atoms with Crippen LogP contribution in [0.1, 0.15) is 20.7 Å². The molecule has 0 saturated heterocycles. The van der Waals surface area contributed by atoms with Gasteiger partial charge in [0, 0.05) is 10.0 Å². The summed E-state index contributed by atoms with van der Waals surface area (Å²) in [5, 5.41) is 11.7. The van der Waals surface area contributed by atoms with Crippen LogP contribution in [-0.4, -0.2) is 17.0 Å². The topological polar surface area (TPSA) is 66.4 Å². The Balaban J connectivity index is 2.31. The van der Waals surface area contributed by atoms with Gasteiger partial charge < -0.3 is 10.4 Å². The van der Waals surface area contributed by atoms with Crippen LogP contribution in [0.5, 0.6) is 0 Å². The van der Waals surface area contributed by atoms with Crippen LogP contribution in [0.3, 0.4) is 0 Å². The van der Waals surface area contributed by atoms with Crippen molar-refractivity contribution in [2.24, 2.45) is 0 Å². The molecule has 2 N–H and O–H groups in total. The van der Waals surface area contributed by atoms with Crippen LogP contribution >= 0.6 is 15.9 Å². The smallest absolute Gasteiger partial charge is 0.337 e. The first-order valence-electron chi connectivity index (χ1n) is 5.47. The van der Waals surface area contributed by atoms with Gasteiger partial charge in [-0.25, -0.2) is 4.79 Å². The Hall–Kier alpha value is -2.14. The molecule has 4 nitrogen and oxygen atoms in total. The van der Waals surface area contributed by atoms with Crippen LogP contribution in [0, 0.1) is 0 Å². The second-order valence-electron chi connectivity index (χ2n) is 3.82. The molecule has 0 saturated carbocycles. The summed E-state index contributed by atoms with van der Waals surface area (Å²) in [4.78, 5) is 23.1. The minimum absolute atomic E-state index is 0.0486. The lowest BCUT2D eigenvalue weighted by Gasteiger charge is -2.09. The van der Waals surface area contributed by atoms with E-state index < -0.39 is 5.97 Å². The summed E-state index contributed by atoms with van der Waals surface area (Å²) in [6.45, 7) is 0. The quantitative estimate of drug-likeness (QED) is 0.911. The van der Waals surface area contributed by atoms with Crippen molar-refractivity contribution in [3.8, 4) is 0 Å². The van der Waals surface area contributed by atoms with Gasteiger partial charge >= 0.3 is 5.97 Å². The molecule has 2 aromatic rings. The van der Waals surface area contributed by atoms with Crippen LogP contribution in [0.15, 0.2) is 53.0 Å². The zero-order valence-corrected chi connectivity index (χ0v) is 11.3. The lowest BCUT2D eigenvalue weighted by molar-refractivity contribution is 0.0698. The van der Waals surface area contributed by atoms with Gasteiger partial charge in [0.1, 0.15) is 0 Å². The summed E-state index contributed by atoms with van der Waals surface area (Å²) in [5.74, 6) is -1.43. The Labute approximate surface area is 118 Å². The van der Waals surface area contributed by atoms with E-state index in [1.807, 2.05) is 0 Å². The number of anilines is 1. The van der Waals surface area contributed by atoms with Crippen LogP contribution in [0.4, 0.5) is 5.69 Å². The third-order valence-electron chi connectivity index (χ3n) is 2.50. The van der Waals surface area contributed by atoms with E-state index >= 15 is 0 Å². The molecule has 0 fully saturated rings. The number of aromatic carboxylic acids is 1. The number of amides is 1. The van der Waals surface area contributed by atoms with E-state index in [0.29, 0.717) is 10.0 Å². The Bertz CT molecular complexity index is 626. The molecule has 0 aliphatic carbocycles. The summed E-state index contributed by atoms with van der Waals surface area (Å²) in [5.41, 5.74) is 0.780. The number of carbonyl (C=O) groups is 2. The molecular weight excluding hydrogens is 310 g/mol. The van der Waals surface area contributed by atoms with Gasteiger partial charge in [0.05, 0.1) is 11.3 Å². The average molecular weight is 320 g/mol. The highest BCUT2D eigenvalue weighted by molar-refractivity contribution is 9.10. The molecule has 1 amide bonds. The van der Waals surface area contributed by atoms with Gasteiger partial charge in [-0.2, -0.15) is 0 Å². The maximum absolute atomic E-state index is 12.0. The first kappa shape index (κ1) is 13.3. The van der Waals surface area contributed by atoms with Crippen molar-refractivity contribution in [1.29, 1.82) is 0 Å². The number of benzene rings is 2. The maximum Gasteiger partial charge on any atom is 0.337 e. The largest absolute Gasteiger partial charge is 0.478 e. The number of hydrogen-bond acceptors (Lipinski definition) is 2. The molecule has 0 atom stereocenters. The molecule has 96 valence electrons. The van der Waals surface area contributed by atoms with E-state index in [9.17, 15) is 9.59 Å². The highest BCUT2D eigenvalue weighted by atomic mass is 79.9. The number of carboxylic acid groups (broad SMARTS) is 1. The first-order chi connectivity index (χ1) is 9.08. The lowest BCUT2D eigenvalue weighted by Crippen LogP contribution is -2.14. The molecule has 0 heterocycles. The van der Waals surface area contributed by atoms with E-state index in [0.717, 1.165) is 0 Å². The van der Waals surface area contributed by atoms with Crippen LogP contribution in [-0.2, 0) is 0 Å². The fourth-order valence-electron chi connectivity index (χ4n) is 1.59. The predicted octanol–water partition coefficient (Wildman–Crippen LogP) is 3.40. The van der Waals surface area contributed by atoms with E-state index in [1.54, 1.807) is 42.5 Å². The van der Waals surface area contributed by atoms with Crippen LogP contribution in [0.2, 0.25) is 0 Å². The highest BCUT2D eigenvalue weighted by Crippen LogP contribution is 2.22. The number of nitrogens with one attached hydrogen (secondary N) is 1. The summed E-state index contributed by atoms with van der Waals surface area (Å²) in [6.07, 6.45) is 0. The Morgan fingerprint density at radius 1 is 1.05 bits per heavy atom. The molecule has 0 radical (unpaired) electrons. The van der Waals surface area contributed by atoms with Crippen LogP contribution in [0.25, 0.3) is 0 Å². The SMILES string of the molecule is O=C(Nc1cc(Br)ccc1C(=O)O)c1ccccc1. The van der Waals surface area contributed by atoms with Crippen molar-refractivity contribution in [2.45, 2.75) is 0 Å². The van der Waals surface area contributed by atoms with Crippen LogP contribution < -0.4 is 5.32 Å². The maximum atomic E-state index is 12.0. The standard InChI is InChI=1S/C14H10BrNO3/c15-10-6-7-11(14(18)19)12(8-10)16-13(17)9-4-2-1-3-5-9/h1-8H,(H,16,17)(H,18,19). The summed E-state index contributed by atoms with van der Waals surface area (Å²) in [6, 6.07) is 13.2. The lowest BCUT2D eigenvalue weighted by atomic mass is 10.1.